The molecule has 0 radical (unpaired) electrons. The number of likely N-dealkylation sites (N-methyl/N-ethyl adjacent to an activating group) is 1. The Labute approximate surface area is 72.7 Å². The van der Waals surface area contributed by atoms with E-state index in [1.54, 1.807) is 7.05 Å². The van der Waals surface area contributed by atoms with E-state index in [1.165, 1.54) is 6.92 Å². The molecule has 0 rings (SSSR count). The SMILES string of the molecule is CNCC(=O)NC(C)CC(C)=O. The van der Waals surface area contributed by atoms with Crippen molar-refractivity contribution in [3.05, 3.63) is 0 Å². The van der Waals surface area contributed by atoms with E-state index in [4.69, 9.17) is 0 Å². The van der Waals surface area contributed by atoms with Crippen LogP contribution in [0.25, 0.3) is 0 Å². The van der Waals surface area contributed by atoms with Gasteiger partial charge in [0.1, 0.15) is 5.78 Å². The summed E-state index contributed by atoms with van der Waals surface area (Å²) in [5.74, 6) is 0.0125. The van der Waals surface area contributed by atoms with E-state index in [0.717, 1.165) is 0 Å². The highest BCUT2D eigenvalue weighted by Gasteiger charge is 2.07. The van der Waals surface area contributed by atoms with Crippen LogP contribution >= 0.6 is 0 Å². The van der Waals surface area contributed by atoms with Crippen molar-refractivity contribution in [3.8, 4) is 0 Å². The first-order valence-corrected chi connectivity index (χ1v) is 3.99. The van der Waals surface area contributed by atoms with Crippen molar-refractivity contribution >= 4 is 11.7 Å². The maximum absolute atomic E-state index is 11.0. The molecule has 0 heterocycles. The smallest absolute Gasteiger partial charge is 0.234 e. The summed E-state index contributed by atoms with van der Waals surface area (Å²) in [5, 5.41) is 5.42. The van der Waals surface area contributed by atoms with Gasteiger partial charge in [0, 0.05) is 12.5 Å². The average Bonchev–Trinajstić information content (AvgIpc) is 1.84. The predicted molar refractivity (Wildman–Crippen MR) is 46.8 cm³/mol. The fourth-order valence-corrected chi connectivity index (χ4v) is 0.969. The summed E-state index contributed by atoms with van der Waals surface area (Å²) in [4.78, 5) is 21.6. The lowest BCUT2D eigenvalue weighted by atomic mass is 10.2. The topological polar surface area (TPSA) is 58.2 Å². The number of hydrogen-bond acceptors (Lipinski definition) is 3. The first kappa shape index (κ1) is 11.1. The number of rotatable bonds is 5. The van der Waals surface area contributed by atoms with Crippen LogP contribution in [0.1, 0.15) is 20.3 Å². The highest BCUT2D eigenvalue weighted by molar-refractivity contribution is 5.80. The van der Waals surface area contributed by atoms with Gasteiger partial charge in [-0.2, -0.15) is 0 Å². The van der Waals surface area contributed by atoms with Gasteiger partial charge < -0.3 is 10.6 Å². The molecule has 0 saturated heterocycles. The van der Waals surface area contributed by atoms with E-state index in [-0.39, 0.29) is 17.7 Å². The molecule has 2 N–H and O–H groups in total. The zero-order valence-electron chi connectivity index (χ0n) is 7.81. The van der Waals surface area contributed by atoms with Gasteiger partial charge in [-0.05, 0) is 20.9 Å². The molecule has 0 spiro atoms. The van der Waals surface area contributed by atoms with E-state index in [2.05, 4.69) is 10.6 Å². The Hall–Kier alpha value is -0.900. The fraction of sp³-hybridized carbons (Fsp3) is 0.750. The number of carbonyl (C=O) groups is 2. The first-order chi connectivity index (χ1) is 5.56. The highest BCUT2D eigenvalue weighted by Crippen LogP contribution is 1.90. The van der Waals surface area contributed by atoms with Crippen LogP contribution in [0.15, 0.2) is 0 Å². The van der Waals surface area contributed by atoms with Crippen molar-refractivity contribution in [2.24, 2.45) is 0 Å². The van der Waals surface area contributed by atoms with Crippen LogP contribution in [0, 0.1) is 0 Å². The Balaban J connectivity index is 3.61. The largest absolute Gasteiger partial charge is 0.352 e. The lowest BCUT2D eigenvalue weighted by molar-refractivity contribution is -0.121. The molecule has 4 nitrogen and oxygen atoms in total. The standard InChI is InChI=1S/C8H16N2O2/c1-6(4-7(2)11)10-8(12)5-9-3/h6,9H,4-5H2,1-3H3,(H,10,12). The number of nitrogens with one attached hydrogen (secondary N) is 2. The molecule has 0 bridgehead atoms. The van der Waals surface area contributed by atoms with Crippen LogP contribution in [0.2, 0.25) is 0 Å². The Morgan fingerprint density at radius 3 is 2.42 bits per heavy atom. The summed E-state index contributed by atoms with van der Waals surface area (Å²) < 4.78 is 0. The lowest BCUT2D eigenvalue weighted by Crippen LogP contribution is -2.38. The van der Waals surface area contributed by atoms with Crippen molar-refractivity contribution in [1.82, 2.24) is 10.6 Å². The molecule has 12 heavy (non-hydrogen) atoms. The number of hydrogen-bond donors (Lipinski definition) is 2. The van der Waals surface area contributed by atoms with Crippen LogP contribution in [-0.4, -0.2) is 31.3 Å². The summed E-state index contributed by atoms with van der Waals surface area (Å²) >= 11 is 0. The Kier molecular flexibility index (Phi) is 5.28. The van der Waals surface area contributed by atoms with Crippen LogP contribution in [0.4, 0.5) is 0 Å². The van der Waals surface area contributed by atoms with Crippen molar-refractivity contribution in [1.29, 1.82) is 0 Å². The molecule has 0 aromatic carbocycles. The maximum Gasteiger partial charge on any atom is 0.234 e. The van der Waals surface area contributed by atoms with E-state index in [1.807, 2.05) is 6.92 Å². The highest BCUT2D eigenvalue weighted by atomic mass is 16.2. The lowest BCUT2D eigenvalue weighted by Gasteiger charge is -2.11. The summed E-state index contributed by atoms with van der Waals surface area (Å²) in [6.07, 6.45) is 0.398. The molecule has 1 unspecified atom stereocenters. The van der Waals surface area contributed by atoms with Crippen molar-refractivity contribution in [3.63, 3.8) is 0 Å². The quantitative estimate of drug-likeness (QED) is 0.598. The summed E-state index contributed by atoms with van der Waals surface area (Å²) in [6, 6.07) is -0.0663. The molecule has 0 aromatic rings. The molecule has 1 amide bonds. The van der Waals surface area contributed by atoms with Crippen LogP contribution in [0.3, 0.4) is 0 Å². The Bertz CT molecular complexity index is 168. The molecule has 0 fully saturated rings. The van der Waals surface area contributed by atoms with Gasteiger partial charge in [-0.3, -0.25) is 9.59 Å². The van der Waals surface area contributed by atoms with Gasteiger partial charge in [0.15, 0.2) is 0 Å². The van der Waals surface area contributed by atoms with E-state index in [9.17, 15) is 9.59 Å². The third-order valence-electron chi connectivity index (χ3n) is 1.34. The second-order valence-corrected chi connectivity index (χ2v) is 2.91. The van der Waals surface area contributed by atoms with Crippen molar-refractivity contribution in [2.45, 2.75) is 26.3 Å². The summed E-state index contributed by atoms with van der Waals surface area (Å²) in [5.41, 5.74) is 0. The van der Waals surface area contributed by atoms with Gasteiger partial charge in [0.25, 0.3) is 0 Å². The van der Waals surface area contributed by atoms with Crippen molar-refractivity contribution in [2.75, 3.05) is 13.6 Å². The predicted octanol–water partition coefficient (Wildman–Crippen LogP) is -0.310. The summed E-state index contributed by atoms with van der Waals surface area (Å²) in [7, 11) is 1.70. The van der Waals surface area contributed by atoms with E-state index >= 15 is 0 Å². The second-order valence-electron chi connectivity index (χ2n) is 2.91. The molecule has 0 aliphatic heterocycles. The molecule has 0 aliphatic carbocycles. The van der Waals surface area contributed by atoms with Gasteiger partial charge in [0.2, 0.25) is 5.91 Å². The molecule has 4 heteroatoms. The molecular formula is C8H16N2O2. The van der Waals surface area contributed by atoms with Crippen LogP contribution in [-0.2, 0) is 9.59 Å². The van der Waals surface area contributed by atoms with Gasteiger partial charge >= 0.3 is 0 Å². The minimum Gasteiger partial charge on any atom is -0.352 e. The van der Waals surface area contributed by atoms with E-state index in [0.29, 0.717) is 13.0 Å². The van der Waals surface area contributed by atoms with Crippen LogP contribution in [0.5, 0.6) is 0 Å². The van der Waals surface area contributed by atoms with Crippen LogP contribution < -0.4 is 10.6 Å². The number of carbonyl (C=O) groups excluding carboxylic acids is 2. The minimum absolute atomic E-state index is 0.0663. The van der Waals surface area contributed by atoms with E-state index < -0.39 is 0 Å². The number of Topliss-reactive ketones (excluding diaryl/α,β-unsaturated/α-hetero) is 1. The molecule has 0 saturated carbocycles. The third kappa shape index (κ3) is 5.85. The normalized spacial score (nSPS) is 12.2. The third-order valence-corrected chi connectivity index (χ3v) is 1.34. The summed E-state index contributed by atoms with van der Waals surface area (Å²) in [6.45, 7) is 3.62. The fourth-order valence-electron chi connectivity index (χ4n) is 0.969. The average molecular weight is 172 g/mol. The number of amides is 1. The number of ketones is 1. The molecule has 1 atom stereocenters. The maximum atomic E-state index is 11.0. The molecule has 70 valence electrons. The van der Waals surface area contributed by atoms with Crippen molar-refractivity contribution < 1.29 is 9.59 Å². The Morgan fingerprint density at radius 2 is 2.00 bits per heavy atom. The molecule has 0 aliphatic rings. The molecular weight excluding hydrogens is 156 g/mol. The van der Waals surface area contributed by atoms with Gasteiger partial charge in [-0.15, -0.1) is 0 Å². The second kappa shape index (κ2) is 5.71. The monoisotopic (exact) mass is 172 g/mol. The molecule has 0 aromatic heterocycles. The Morgan fingerprint density at radius 1 is 1.42 bits per heavy atom. The zero-order valence-corrected chi connectivity index (χ0v) is 7.81. The zero-order chi connectivity index (χ0) is 9.56. The van der Waals surface area contributed by atoms with Gasteiger partial charge in [0.05, 0.1) is 6.54 Å². The van der Waals surface area contributed by atoms with Gasteiger partial charge in [-0.25, -0.2) is 0 Å². The first-order valence-electron chi connectivity index (χ1n) is 3.99. The van der Waals surface area contributed by atoms with Gasteiger partial charge in [-0.1, -0.05) is 0 Å². The minimum atomic E-state index is -0.0775.